The van der Waals surface area contributed by atoms with Gasteiger partial charge in [0.05, 0.1) is 11.8 Å². The van der Waals surface area contributed by atoms with Gasteiger partial charge in [0.1, 0.15) is 5.69 Å². The van der Waals surface area contributed by atoms with E-state index >= 15 is 0 Å². The van der Waals surface area contributed by atoms with Gasteiger partial charge in [-0.15, -0.1) is 0 Å². The molecule has 0 spiro atoms. The number of aryl methyl sites for hydroxylation is 1. The fourth-order valence-electron chi connectivity index (χ4n) is 2.55. The van der Waals surface area contributed by atoms with Crippen LogP contribution in [0.5, 0.6) is 0 Å². The lowest BCUT2D eigenvalue weighted by molar-refractivity contribution is -0.137. The van der Waals surface area contributed by atoms with E-state index < -0.39 is 11.7 Å². The Morgan fingerprint density at radius 2 is 1.85 bits per heavy atom. The fraction of sp³-hybridized carbons (Fsp3) is 0.200. The minimum atomic E-state index is -4.35. The van der Waals surface area contributed by atoms with Gasteiger partial charge >= 0.3 is 6.18 Å². The van der Waals surface area contributed by atoms with Crippen LogP contribution in [0.1, 0.15) is 23.1 Å². The minimum absolute atomic E-state index is 0.175. The van der Waals surface area contributed by atoms with E-state index in [1.807, 2.05) is 6.07 Å². The number of nitrogens with zero attached hydrogens (tertiary/aromatic N) is 1. The largest absolute Gasteiger partial charge is 0.463 e. The van der Waals surface area contributed by atoms with Gasteiger partial charge in [-0.25, -0.2) is 0 Å². The Balaban J connectivity index is 1.49. The normalized spacial score (nSPS) is 11.4. The van der Waals surface area contributed by atoms with E-state index in [4.69, 9.17) is 4.42 Å². The number of amides is 1. The van der Waals surface area contributed by atoms with Gasteiger partial charge in [-0.3, -0.25) is 9.78 Å². The summed E-state index contributed by atoms with van der Waals surface area (Å²) in [7, 11) is 0. The van der Waals surface area contributed by atoms with Crippen molar-refractivity contribution >= 4 is 5.91 Å². The molecule has 4 nitrogen and oxygen atoms in total. The van der Waals surface area contributed by atoms with E-state index in [-0.39, 0.29) is 12.3 Å². The van der Waals surface area contributed by atoms with Crippen molar-refractivity contribution in [2.24, 2.45) is 0 Å². The number of aromatic nitrogens is 1. The first-order chi connectivity index (χ1) is 12.9. The molecule has 0 unspecified atom stereocenters. The third kappa shape index (κ3) is 5.20. The molecule has 0 saturated carbocycles. The highest BCUT2D eigenvalue weighted by Gasteiger charge is 2.29. The maximum Gasteiger partial charge on any atom is 0.416 e. The number of carbonyl (C=O) groups excluding carboxylic acids is 1. The van der Waals surface area contributed by atoms with Crippen molar-refractivity contribution in [3.8, 4) is 11.5 Å². The fourth-order valence-corrected chi connectivity index (χ4v) is 2.55. The lowest BCUT2D eigenvalue weighted by atomic mass is 10.1. The zero-order valence-electron chi connectivity index (χ0n) is 14.3. The molecule has 0 atom stereocenters. The number of furan rings is 1. The standard InChI is InChI=1S/C20H17F3N2O2/c21-20(22,23)16-6-3-14(4-7-16)5-8-19(26)25-13-15-9-10-24-17(12-15)18-2-1-11-27-18/h1-4,6-7,9-12H,5,8,13H2,(H,25,26). The summed E-state index contributed by atoms with van der Waals surface area (Å²) in [5.41, 5.74) is 1.54. The number of nitrogens with one attached hydrogen (secondary N) is 1. The third-order valence-corrected chi connectivity index (χ3v) is 4.01. The molecule has 1 amide bonds. The molecule has 0 radical (unpaired) electrons. The third-order valence-electron chi connectivity index (χ3n) is 4.01. The second-order valence-corrected chi connectivity index (χ2v) is 6.00. The van der Waals surface area contributed by atoms with Crippen LogP contribution >= 0.6 is 0 Å². The quantitative estimate of drug-likeness (QED) is 0.686. The molecular formula is C20H17F3N2O2. The molecule has 0 aliphatic heterocycles. The zero-order chi connectivity index (χ0) is 19.3. The van der Waals surface area contributed by atoms with E-state index in [1.165, 1.54) is 12.1 Å². The van der Waals surface area contributed by atoms with E-state index in [2.05, 4.69) is 10.3 Å². The Morgan fingerprint density at radius 3 is 2.52 bits per heavy atom. The first-order valence-electron chi connectivity index (χ1n) is 8.33. The Bertz CT molecular complexity index is 888. The van der Waals surface area contributed by atoms with Crippen molar-refractivity contribution in [3.05, 3.63) is 77.7 Å². The number of hydrogen-bond donors (Lipinski definition) is 1. The summed E-state index contributed by atoms with van der Waals surface area (Å²) in [6.07, 6.45) is -0.581. The molecule has 27 heavy (non-hydrogen) atoms. The van der Waals surface area contributed by atoms with Crippen molar-refractivity contribution in [3.63, 3.8) is 0 Å². The van der Waals surface area contributed by atoms with Gasteiger partial charge in [0.25, 0.3) is 0 Å². The van der Waals surface area contributed by atoms with Gasteiger partial charge in [-0.05, 0) is 53.9 Å². The van der Waals surface area contributed by atoms with Crippen LogP contribution in [0.15, 0.2) is 65.4 Å². The van der Waals surface area contributed by atoms with Crippen LogP contribution in [0, 0.1) is 0 Å². The summed E-state index contributed by atoms with van der Waals surface area (Å²) in [5.74, 6) is 0.469. The number of alkyl halides is 3. The highest BCUT2D eigenvalue weighted by atomic mass is 19.4. The Labute approximate surface area is 154 Å². The number of halogens is 3. The summed E-state index contributed by atoms with van der Waals surface area (Å²) in [6, 6.07) is 12.0. The second kappa shape index (κ2) is 8.07. The molecule has 2 heterocycles. The highest BCUT2D eigenvalue weighted by molar-refractivity contribution is 5.76. The van der Waals surface area contributed by atoms with Crippen LogP contribution in [0.2, 0.25) is 0 Å². The smallest absolute Gasteiger partial charge is 0.416 e. The van der Waals surface area contributed by atoms with Gasteiger partial charge in [0.2, 0.25) is 5.91 Å². The average molecular weight is 374 g/mol. The number of carbonyl (C=O) groups is 1. The monoisotopic (exact) mass is 374 g/mol. The maximum absolute atomic E-state index is 12.5. The Kier molecular flexibility index (Phi) is 5.59. The summed E-state index contributed by atoms with van der Waals surface area (Å²) < 4.78 is 42.9. The number of pyridine rings is 1. The van der Waals surface area contributed by atoms with E-state index in [1.54, 1.807) is 30.7 Å². The lowest BCUT2D eigenvalue weighted by Crippen LogP contribution is -2.23. The molecule has 3 rings (SSSR count). The molecule has 0 aliphatic carbocycles. The predicted molar refractivity (Wildman–Crippen MR) is 93.6 cm³/mol. The van der Waals surface area contributed by atoms with Crippen LogP contribution in [-0.4, -0.2) is 10.9 Å². The Hall–Kier alpha value is -3.09. The molecule has 3 aromatic rings. The molecule has 140 valence electrons. The van der Waals surface area contributed by atoms with Crippen LogP contribution in [0.3, 0.4) is 0 Å². The van der Waals surface area contributed by atoms with Crippen molar-refractivity contribution in [2.75, 3.05) is 0 Å². The summed E-state index contributed by atoms with van der Waals surface area (Å²) in [6.45, 7) is 0.335. The first kappa shape index (κ1) is 18.7. The SMILES string of the molecule is O=C(CCc1ccc(C(F)(F)F)cc1)NCc1ccnc(-c2ccco2)c1. The molecule has 1 aromatic carbocycles. The molecule has 1 N–H and O–H groups in total. The average Bonchev–Trinajstić information content (AvgIpc) is 3.19. The van der Waals surface area contributed by atoms with Gasteiger partial charge in [-0.2, -0.15) is 13.2 Å². The predicted octanol–water partition coefficient (Wildman–Crippen LogP) is 4.61. The highest BCUT2D eigenvalue weighted by Crippen LogP contribution is 2.29. The van der Waals surface area contributed by atoms with Gasteiger partial charge in [0, 0.05) is 19.2 Å². The van der Waals surface area contributed by atoms with E-state index in [9.17, 15) is 18.0 Å². The lowest BCUT2D eigenvalue weighted by Gasteiger charge is -2.08. The van der Waals surface area contributed by atoms with Crippen LogP contribution in [0.4, 0.5) is 13.2 Å². The number of rotatable bonds is 6. The molecule has 0 fully saturated rings. The molecule has 7 heteroatoms. The van der Waals surface area contributed by atoms with Crippen LogP contribution < -0.4 is 5.32 Å². The number of benzene rings is 1. The van der Waals surface area contributed by atoms with Crippen molar-refractivity contribution in [1.29, 1.82) is 0 Å². The van der Waals surface area contributed by atoms with Crippen LogP contribution in [-0.2, 0) is 23.9 Å². The van der Waals surface area contributed by atoms with Gasteiger partial charge in [0.15, 0.2) is 5.76 Å². The van der Waals surface area contributed by atoms with Crippen molar-refractivity contribution in [2.45, 2.75) is 25.6 Å². The molecular weight excluding hydrogens is 357 g/mol. The molecule has 0 bridgehead atoms. The second-order valence-electron chi connectivity index (χ2n) is 6.00. The van der Waals surface area contributed by atoms with Crippen molar-refractivity contribution < 1.29 is 22.4 Å². The molecule has 0 aliphatic rings. The summed E-state index contributed by atoms with van der Waals surface area (Å²) in [4.78, 5) is 16.2. The van der Waals surface area contributed by atoms with Crippen LogP contribution in [0.25, 0.3) is 11.5 Å². The maximum atomic E-state index is 12.5. The first-order valence-corrected chi connectivity index (χ1v) is 8.33. The minimum Gasteiger partial charge on any atom is -0.463 e. The molecule has 0 saturated heterocycles. The number of hydrogen-bond acceptors (Lipinski definition) is 3. The summed E-state index contributed by atoms with van der Waals surface area (Å²) >= 11 is 0. The van der Waals surface area contributed by atoms with Gasteiger partial charge in [-0.1, -0.05) is 12.1 Å². The molecule has 2 aromatic heterocycles. The summed E-state index contributed by atoms with van der Waals surface area (Å²) in [5, 5.41) is 2.80. The van der Waals surface area contributed by atoms with Gasteiger partial charge < -0.3 is 9.73 Å². The van der Waals surface area contributed by atoms with E-state index in [0.717, 1.165) is 17.7 Å². The van der Waals surface area contributed by atoms with Crippen molar-refractivity contribution in [1.82, 2.24) is 10.3 Å². The zero-order valence-corrected chi connectivity index (χ0v) is 14.3. The van der Waals surface area contributed by atoms with E-state index in [0.29, 0.717) is 30.0 Å². The Morgan fingerprint density at radius 1 is 1.07 bits per heavy atom. The topological polar surface area (TPSA) is 55.1 Å².